The number of nitrogens with zero attached hydrogens (tertiary/aromatic N) is 1. The second-order valence-corrected chi connectivity index (χ2v) is 7.59. The third-order valence-corrected chi connectivity index (χ3v) is 4.45. The summed E-state index contributed by atoms with van der Waals surface area (Å²) in [7, 11) is 0. The van der Waals surface area contributed by atoms with Crippen LogP contribution in [-0.2, 0) is 14.3 Å². The molecule has 0 radical (unpaired) electrons. The molecule has 25 heavy (non-hydrogen) atoms. The molecule has 1 amide bonds. The molecule has 1 aromatic carbocycles. The van der Waals surface area contributed by atoms with Gasteiger partial charge in [-0.15, -0.1) is 0 Å². The van der Waals surface area contributed by atoms with Gasteiger partial charge < -0.3 is 14.4 Å². The number of hydrogen-bond acceptors (Lipinski definition) is 4. The second kappa shape index (κ2) is 7.89. The third-order valence-electron chi connectivity index (χ3n) is 4.45. The summed E-state index contributed by atoms with van der Waals surface area (Å²) in [6.07, 6.45) is 0.237. The first-order chi connectivity index (χ1) is 11.7. The normalized spacial score (nSPS) is 23.9. The fourth-order valence-electron chi connectivity index (χ4n) is 3.30. The number of hydrogen-bond donors (Lipinski definition) is 0. The Morgan fingerprint density at radius 2 is 1.84 bits per heavy atom. The zero-order chi connectivity index (χ0) is 18.6. The number of piperidine rings is 1. The van der Waals surface area contributed by atoms with E-state index in [9.17, 15) is 9.59 Å². The summed E-state index contributed by atoms with van der Waals surface area (Å²) >= 11 is 0. The van der Waals surface area contributed by atoms with E-state index < -0.39 is 5.60 Å². The van der Waals surface area contributed by atoms with Gasteiger partial charge >= 0.3 is 12.1 Å². The molecule has 1 aromatic rings. The third kappa shape index (κ3) is 4.97. The Labute approximate surface area is 150 Å². The predicted octanol–water partition coefficient (Wildman–Crippen LogP) is 3.98. The lowest BCUT2D eigenvalue weighted by Gasteiger charge is -2.42. The van der Waals surface area contributed by atoms with Crippen LogP contribution in [0.2, 0.25) is 0 Å². The lowest BCUT2D eigenvalue weighted by molar-refractivity contribution is -0.151. The highest BCUT2D eigenvalue weighted by Crippen LogP contribution is 2.36. The van der Waals surface area contributed by atoms with Gasteiger partial charge in [0.05, 0.1) is 12.5 Å². The maximum absolute atomic E-state index is 12.6. The summed E-state index contributed by atoms with van der Waals surface area (Å²) in [6.45, 7) is 10.2. The number of amides is 1. The van der Waals surface area contributed by atoms with E-state index in [2.05, 4.69) is 0 Å². The first kappa shape index (κ1) is 19.3. The number of carbonyl (C=O) groups is 2. The Bertz CT molecular complexity index is 593. The van der Waals surface area contributed by atoms with E-state index in [-0.39, 0.29) is 29.9 Å². The molecule has 1 aliphatic rings. The van der Waals surface area contributed by atoms with Crippen LogP contribution in [0.5, 0.6) is 0 Å². The molecule has 5 heteroatoms. The van der Waals surface area contributed by atoms with Gasteiger partial charge in [0.2, 0.25) is 0 Å². The molecule has 138 valence electrons. The van der Waals surface area contributed by atoms with Crippen LogP contribution < -0.4 is 0 Å². The highest BCUT2D eigenvalue weighted by molar-refractivity contribution is 5.75. The fraction of sp³-hybridized carbons (Fsp3) is 0.600. The molecule has 2 rings (SSSR count). The molecule has 0 unspecified atom stereocenters. The molecule has 0 aliphatic carbocycles. The maximum Gasteiger partial charge on any atom is 0.410 e. The van der Waals surface area contributed by atoms with Gasteiger partial charge in [-0.05, 0) is 46.6 Å². The largest absolute Gasteiger partial charge is 0.466 e. The van der Waals surface area contributed by atoms with Crippen molar-refractivity contribution < 1.29 is 19.1 Å². The van der Waals surface area contributed by atoms with Crippen LogP contribution in [0.1, 0.15) is 52.5 Å². The standard InChI is InChI=1S/C20H29NO4/c1-6-24-18(22)16-12-14(2)21(19(23)25-20(3,4)5)13-17(16)15-10-8-7-9-11-15/h7-11,14,16-17H,6,12-13H2,1-5H3/t14-,16-,17-/m1/s1. The van der Waals surface area contributed by atoms with E-state index >= 15 is 0 Å². The molecular weight excluding hydrogens is 318 g/mol. The lowest BCUT2D eigenvalue weighted by atomic mass is 9.78. The summed E-state index contributed by atoms with van der Waals surface area (Å²) < 4.78 is 10.8. The van der Waals surface area contributed by atoms with Crippen molar-refractivity contribution in [1.82, 2.24) is 4.90 Å². The van der Waals surface area contributed by atoms with Gasteiger partial charge in [0, 0.05) is 18.5 Å². The predicted molar refractivity (Wildman–Crippen MR) is 96.3 cm³/mol. The minimum absolute atomic E-state index is 0.0794. The molecule has 0 spiro atoms. The number of benzene rings is 1. The first-order valence-electron chi connectivity index (χ1n) is 8.94. The van der Waals surface area contributed by atoms with Gasteiger partial charge in [0.15, 0.2) is 0 Å². The van der Waals surface area contributed by atoms with E-state index in [4.69, 9.17) is 9.47 Å². The van der Waals surface area contributed by atoms with Crippen molar-refractivity contribution in [1.29, 1.82) is 0 Å². The molecule has 5 nitrogen and oxygen atoms in total. The first-order valence-corrected chi connectivity index (χ1v) is 8.94. The van der Waals surface area contributed by atoms with Crippen molar-refractivity contribution in [2.45, 2.75) is 58.6 Å². The minimum Gasteiger partial charge on any atom is -0.466 e. The average Bonchev–Trinajstić information content (AvgIpc) is 2.54. The van der Waals surface area contributed by atoms with E-state index in [0.29, 0.717) is 19.6 Å². The molecule has 0 aromatic heterocycles. The van der Waals surface area contributed by atoms with E-state index in [1.807, 2.05) is 65.0 Å². The Hall–Kier alpha value is -2.04. The van der Waals surface area contributed by atoms with Crippen LogP contribution >= 0.6 is 0 Å². The minimum atomic E-state index is -0.545. The zero-order valence-electron chi connectivity index (χ0n) is 15.8. The quantitative estimate of drug-likeness (QED) is 0.776. The van der Waals surface area contributed by atoms with Crippen LogP contribution in [0.4, 0.5) is 4.79 Å². The van der Waals surface area contributed by atoms with Gasteiger partial charge in [-0.3, -0.25) is 4.79 Å². The highest BCUT2D eigenvalue weighted by atomic mass is 16.6. The van der Waals surface area contributed by atoms with Crippen LogP contribution in [-0.4, -0.2) is 41.8 Å². The van der Waals surface area contributed by atoms with Crippen molar-refractivity contribution in [2.24, 2.45) is 5.92 Å². The Morgan fingerprint density at radius 3 is 2.40 bits per heavy atom. The zero-order valence-corrected chi connectivity index (χ0v) is 15.8. The van der Waals surface area contributed by atoms with Crippen LogP contribution in [0.3, 0.4) is 0 Å². The van der Waals surface area contributed by atoms with Crippen LogP contribution in [0.15, 0.2) is 30.3 Å². The molecule has 0 N–H and O–H groups in total. The van der Waals surface area contributed by atoms with Crippen molar-refractivity contribution in [3.8, 4) is 0 Å². The number of esters is 1. The summed E-state index contributed by atoms with van der Waals surface area (Å²) in [5.41, 5.74) is 0.498. The Morgan fingerprint density at radius 1 is 1.20 bits per heavy atom. The lowest BCUT2D eigenvalue weighted by Crippen LogP contribution is -2.51. The van der Waals surface area contributed by atoms with Crippen molar-refractivity contribution in [2.75, 3.05) is 13.2 Å². The summed E-state index contributed by atoms with van der Waals surface area (Å²) in [4.78, 5) is 26.8. The maximum atomic E-state index is 12.6. The van der Waals surface area contributed by atoms with Crippen molar-refractivity contribution >= 4 is 12.1 Å². The Kier molecular flexibility index (Phi) is 6.09. The second-order valence-electron chi connectivity index (χ2n) is 7.59. The molecule has 3 atom stereocenters. The number of likely N-dealkylation sites (tertiary alicyclic amines) is 1. The summed E-state index contributed by atoms with van der Waals surface area (Å²) in [6, 6.07) is 9.77. The highest BCUT2D eigenvalue weighted by Gasteiger charge is 2.42. The molecule has 1 heterocycles. The van der Waals surface area contributed by atoms with Crippen molar-refractivity contribution in [3.05, 3.63) is 35.9 Å². The average molecular weight is 347 g/mol. The summed E-state index contributed by atoms with van der Waals surface area (Å²) in [5.74, 6) is -0.535. The number of rotatable bonds is 3. The molecule has 0 bridgehead atoms. The molecule has 1 aliphatic heterocycles. The van der Waals surface area contributed by atoms with Crippen LogP contribution in [0.25, 0.3) is 0 Å². The number of ether oxygens (including phenoxy) is 2. The molecular formula is C20H29NO4. The Balaban J connectivity index is 2.26. The topological polar surface area (TPSA) is 55.8 Å². The SMILES string of the molecule is CCOC(=O)[C@@H]1C[C@@H](C)N(C(=O)OC(C)(C)C)C[C@@H]1c1ccccc1. The van der Waals surface area contributed by atoms with Crippen LogP contribution in [0, 0.1) is 5.92 Å². The smallest absolute Gasteiger partial charge is 0.410 e. The van der Waals surface area contributed by atoms with Gasteiger partial charge in [-0.2, -0.15) is 0 Å². The molecule has 0 saturated carbocycles. The van der Waals surface area contributed by atoms with E-state index in [1.165, 1.54) is 0 Å². The fourth-order valence-corrected chi connectivity index (χ4v) is 3.30. The van der Waals surface area contributed by atoms with E-state index in [0.717, 1.165) is 5.56 Å². The monoisotopic (exact) mass is 347 g/mol. The summed E-state index contributed by atoms with van der Waals surface area (Å²) in [5, 5.41) is 0. The number of carbonyl (C=O) groups excluding carboxylic acids is 2. The molecule has 1 saturated heterocycles. The van der Waals surface area contributed by atoms with Gasteiger partial charge in [0.25, 0.3) is 0 Å². The van der Waals surface area contributed by atoms with Gasteiger partial charge in [-0.25, -0.2) is 4.79 Å². The van der Waals surface area contributed by atoms with Gasteiger partial charge in [0.1, 0.15) is 5.60 Å². The van der Waals surface area contributed by atoms with E-state index in [1.54, 1.807) is 4.90 Å². The van der Waals surface area contributed by atoms with Crippen molar-refractivity contribution in [3.63, 3.8) is 0 Å². The van der Waals surface area contributed by atoms with Gasteiger partial charge in [-0.1, -0.05) is 30.3 Å². The molecule has 1 fully saturated rings.